The summed E-state index contributed by atoms with van der Waals surface area (Å²) < 4.78 is 5.46. The maximum Gasteiger partial charge on any atom is 0.264 e. The minimum absolute atomic E-state index is 0.0239. The van der Waals surface area contributed by atoms with Crippen LogP contribution in [0.15, 0.2) is 30.7 Å². The fourth-order valence-corrected chi connectivity index (χ4v) is 4.66. The molecule has 0 saturated carbocycles. The highest BCUT2D eigenvalue weighted by Gasteiger charge is 2.26. The van der Waals surface area contributed by atoms with E-state index in [1.54, 1.807) is 18.1 Å². The minimum Gasteiger partial charge on any atom is -0.466 e. The molecule has 0 unspecified atom stereocenters. The van der Waals surface area contributed by atoms with Gasteiger partial charge < -0.3 is 24.8 Å². The van der Waals surface area contributed by atoms with Gasteiger partial charge in [-0.3, -0.25) is 9.78 Å². The zero-order chi connectivity index (χ0) is 23.2. The number of likely N-dealkylation sites (N-methyl/N-ethyl adjacent to an activating group) is 2. The van der Waals surface area contributed by atoms with E-state index in [4.69, 9.17) is 9.72 Å². The van der Waals surface area contributed by atoms with Crippen LogP contribution in [0.25, 0.3) is 0 Å². The monoisotopic (exact) mass is 458 g/mol. The normalized spacial score (nSPS) is 17.5. The number of aromatic nitrogens is 4. The Hall–Kier alpha value is -3.79. The third-order valence-electron chi connectivity index (χ3n) is 6.68. The zero-order valence-corrected chi connectivity index (χ0v) is 19.3. The molecule has 6 heterocycles. The van der Waals surface area contributed by atoms with E-state index >= 15 is 0 Å². The molecule has 1 N–H and O–H groups in total. The Labute approximate surface area is 197 Å². The Morgan fingerprint density at radius 3 is 2.76 bits per heavy atom. The molecule has 3 aromatic rings. The van der Waals surface area contributed by atoms with E-state index in [-0.39, 0.29) is 12.5 Å². The first kappa shape index (κ1) is 20.8. The van der Waals surface area contributed by atoms with Gasteiger partial charge in [0.2, 0.25) is 11.8 Å². The maximum atomic E-state index is 12.0. The van der Waals surface area contributed by atoms with Crippen LogP contribution < -0.4 is 19.9 Å². The summed E-state index contributed by atoms with van der Waals surface area (Å²) in [5.74, 6) is 0.970. The Kier molecular flexibility index (Phi) is 5.02. The summed E-state index contributed by atoms with van der Waals surface area (Å²) in [4.78, 5) is 36.6. The van der Waals surface area contributed by atoms with Crippen molar-refractivity contribution in [1.82, 2.24) is 24.8 Å². The summed E-state index contributed by atoms with van der Waals surface area (Å²) in [6.07, 6.45) is 7.38. The number of nitrogens with one attached hydrogen (secondary N) is 1. The molecule has 0 aliphatic carbocycles. The van der Waals surface area contributed by atoms with Crippen LogP contribution in [0.5, 0.6) is 5.88 Å². The maximum absolute atomic E-state index is 12.0. The lowest BCUT2D eigenvalue weighted by atomic mass is 10.1. The first-order valence-corrected chi connectivity index (χ1v) is 11.5. The number of pyridine rings is 2. The van der Waals surface area contributed by atoms with Crippen molar-refractivity contribution in [1.29, 1.82) is 0 Å². The highest BCUT2D eigenvalue weighted by atomic mass is 16.5. The lowest BCUT2D eigenvalue weighted by molar-refractivity contribution is -0.121. The molecule has 0 fully saturated rings. The van der Waals surface area contributed by atoms with Gasteiger partial charge >= 0.3 is 0 Å². The summed E-state index contributed by atoms with van der Waals surface area (Å²) >= 11 is 0. The highest BCUT2D eigenvalue weighted by Crippen LogP contribution is 2.34. The van der Waals surface area contributed by atoms with Crippen LogP contribution in [0.3, 0.4) is 0 Å². The van der Waals surface area contributed by atoms with Gasteiger partial charge in [0, 0.05) is 45.0 Å². The smallest absolute Gasteiger partial charge is 0.264 e. The van der Waals surface area contributed by atoms with E-state index in [2.05, 4.69) is 43.2 Å². The van der Waals surface area contributed by atoms with Crippen LogP contribution in [0.1, 0.15) is 22.5 Å². The van der Waals surface area contributed by atoms with Gasteiger partial charge in [0.1, 0.15) is 5.69 Å². The number of hydrogen-bond acceptors (Lipinski definition) is 9. The molecule has 3 aromatic heterocycles. The van der Waals surface area contributed by atoms with Crippen molar-refractivity contribution in [3.63, 3.8) is 0 Å². The average molecular weight is 459 g/mol. The van der Waals surface area contributed by atoms with Crippen LogP contribution in [0, 0.1) is 0 Å². The molecule has 6 rings (SSSR count). The molecule has 0 atom stereocenters. The standard InChI is InChI=1S/C24H26N8O2/c1-30-5-4-19-16(12-30)7-17(10-25-19)28-24-27-9-15-3-6-32(13-20(15)29-24)18-8-21-23(26-11-18)34-14-22(33)31(21)2/h7-11H,3-6,12-14H2,1-2H3,(H,27,28,29). The number of anilines is 4. The van der Waals surface area contributed by atoms with Crippen molar-refractivity contribution in [2.45, 2.75) is 25.9 Å². The second kappa shape index (κ2) is 8.21. The molecule has 10 heteroatoms. The van der Waals surface area contributed by atoms with Crippen molar-refractivity contribution in [2.24, 2.45) is 0 Å². The predicted octanol–water partition coefficient (Wildman–Crippen LogP) is 1.92. The average Bonchev–Trinajstić information content (AvgIpc) is 2.85. The number of rotatable bonds is 3. The summed E-state index contributed by atoms with van der Waals surface area (Å²) in [6.45, 7) is 3.42. The second-order valence-corrected chi connectivity index (χ2v) is 9.04. The second-order valence-electron chi connectivity index (χ2n) is 9.04. The number of amides is 1. The summed E-state index contributed by atoms with van der Waals surface area (Å²) in [5.41, 5.74) is 7.06. The quantitative estimate of drug-likeness (QED) is 0.631. The van der Waals surface area contributed by atoms with E-state index in [0.717, 1.165) is 55.1 Å². The zero-order valence-electron chi connectivity index (χ0n) is 19.3. The van der Waals surface area contributed by atoms with Crippen molar-refractivity contribution in [2.75, 3.05) is 48.9 Å². The van der Waals surface area contributed by atoms with Crippen molar-refractivity contribution in [3.8, 4) is 5.88 Å². The lowest BCUT2D eigenvalue weighted by Gasteiger charge is -2.31. The van der Waals surface area contributed by atoms with Gasteiger partial charge in [0.25, 0.3) is 5.91 Å². The molecule has 0 bridgehead atoms. The van der Waals surface area contributed by atoms with Crippen LogP contribution >= 0.6 is 0 Å². The number of carbonyl (C=O) groups excluding carboxylic acids is 1. The summed E-state index contributed by atoms with van der Waals surface area (Å²) in [7, 11) is 3.88. The third-order valence-corrected chi connectivity index (χ3v) is 6.68. The van der Waals surface area contributed by atoms with E-state index in [1.807, 2.05) is 18.5 Å². The molecule has 1 amide bonds. The van der Waals surface area contributed by atoms with Crippen molar-refractivity contribution in [3.05, 3.63) is 53.2 Å². The molecule has 174 valence electrons. The van der Waals surface area contributed by atoms with Gasteiger partial charge in [-0.1, -0.05) is 0 Å². The molecule has 3 aliphatic heterocycles. The molecule has 0 radical (unpaired) electrons. The van der Waals surface area contributed by atoms with Crippen molar-refractivity contribution >= 4 is 28.9 Å². The molecule has 3 aliphatic rings. The van der Waals surface area contributed by atoms with Gasteiger partial charge in [-0.05, 0) is 36.7 Å². The van der Waals surface area contributed by atoms with E-state index in [9.17, 15) is 4.79 Å². The lowest BCUT2D eigenvalue weighted by Crippen LogP contribution is -2.36. The van der Waals surface area contributed by atoms with Gasteiger partial charge in [-0.15, -0.1) is 0 Å². The van der Waals surface area contributed by atoms with Gasteiger partial charge in [-0.25, -0.2) is 15.0 Å². The molecule has 0 aromatic carbocycles. The fraction of sp³-hybridized carbons (Fsp3) is 0.375. The van der Waals surface area contributed by atoms with Crippen LogP contribution in [0.2, 0.25) is 0 Å². The highest BCUT2D eigenvalue weighted by molar-refractivity contribution is 5.97. The molecule has 10 nitrogen and oxygen atoms in total. The molecular formula is C24H26N8O2. The summed E-state index contributed by atoms with van der Waals surface area (Å²) in [6, 6.07) is 4.10. The number of hydrogen-bond donors (Lipinski definition) is 1. The van der Waals surface area contributed by atoms with Gasteiger partial charge in [0.05, 0.1) is 36.0 Å². The first-order valence-electron chi connectivity index (χ1n) is 11.5. The summed E-state index contributed by atoms with van der Waals surface area (Å²) in [5, 5.41) is 3.33. The van der Waals surface area contributed by atoms with Crippen molar-refractivity contribution < 1.29 is 9.53 Å². The topological polar surface area (TPSA) is 99.6 Å². The number of nitrogens with zero attached hydrogens (tertiary/aromatic N) is 7. The van der Waals surface area contributed by atoms with Gasteiger partial charge in [-0.2, -0.15) is 0 Å². The molecule has 0 spiro atoms. The fourth-order valence-electron chi connectivity index (χ4n) is 4.66. The third kappa shape index (κ3) is 3.79. The molecule has 0 saturated heterocycles. The van der Waals surface area contributed by atoms with Gasteiger partial charge in [0.15, 0.2) is 6.61 Å². The Morgan fingerprint density at radius 1 is 0.941 bits per heavy atom. The molecule has 34 heavy (non-hydrogen) atoms. The Morgan fingerprint density at radius 2 is 1.85 bits per heavy atom. The van der Waals surface area contributed by atoms with Crippen LogP contribution in [-0.4, -0.2) is 64.5 Å². The number of fused-ring (bicyclic) bond motifs is 3. The van der Waals surface area contributed by atoms with Crippen LogP contribution in [0.4, 0.5) is 23.0 Å². The Balaban J connectivity index is 1.22. The van der Waals surface area contributed by atoms with E-state index < -0.39 is 0 Å². The molecular weight excluding hydrogens is 432 g/mol. The SMILES string of the molecule is CN1CCc2ncc(Nc3ncc4c(n3)CN(c3cnc5c(c3)N(C)C(=O)CO5)CC4)cc2C1. The number of ether oxygens (including phenoxy) is 1. The predicted molar refractivity (Wildman–Crippen MR) is 127 cm³/mol. The van der Waals surface area contributed by atoms with Crippen LogP contribution in [-0.2, 0) is 30.7 Å². The van der Waals surface area contributed by atoms with E-state index in [0.29, 0.717) is 24.1 Å². The van der Waals surface area contributed by atoms with E-state index in [1.165, 1.54) is 11.3 Å². The minimum atomic E-state index is -0.0813. The largest absolute Gasteiger partial charge is 0.466 e. The Bertz CT molecular complexity index is 1280. The first-order chi connectivity index (χ1) is 16.5. The number of carbonyl (C=O) groups is 1.